The number of halogens is 1. The van der Waals surface area contributed by atoms with Crippen molar-refractivity contribution in [2.75, 3.05) is 0 Å². The van der Waals surface area contributed by atoms with Gasteiger partial charge in [-0.05, 0) is 41.5 Å². The van der Waals surface area contributed by atoms with Crippen molar-refractivity contribution in [2.45, 2.75) is 0 Å². The summed E-state index contributed by atoms with van der Waals surface area (Å²) < 4.78 is 0.829. The fourth-order valence-corrected chi connectivity index (χ4v) is 1.94. The highest BCUT2D eigenvalue weighted by Gasteiger charge is 2.05. The highest BCUT2D eigenvalue weighted by Crippen LogP contribution is 2.24. The third kappa shape index (κ3) is 2.28. The molecule has 0 fully saturated rings. The molecule has 2 aromatic rings. The number of carbonyl (C=O) groups is 1. The van der Waals surface area contributed by atoms with Crippen LogP contribution in [-0.2, 0) is 0 Å². The Balaban J connectivity index is 2.54. The second-order valence-corrected chi connectivity index (χ2v) is 4.24. The number of carbonyl (C=O) groups excluding carboxylic acids is 1. The highest BCUT2D eigenvalue weighted by molar-refractivity contribution is 9.10. The van der Waals surface area contributed by atoms with E-state index in [-0.39, 0.29) is 0 Å². The van der Waals surface area contributed by atoms with Gasteiger partial charge in [0.25, 0.3) is 0 Å². The molecule has 0 spiro atoms. The zero-order valence-electron chi connectivity index (χ0n) is 8.35. The average Bonchev–Trinajstić information content (AvgIpc) is 2.29. The molecule has 1 heterocycles. The Morgan fingerprint density at radius 2 is 1.81 bits per heavy atom. The van der Waals surface area contributed by atoms with Crippen molar-refractivity contribution in [1.29, 1.82) is 0 Å². The zero-order chi connectivity index (χ0) is 11.5. The molecule has 0 aliphatic rings. The van der Waals surface area contributed by atoms with Gasteiger partial charge >= 0.3 is 0 Å². The molecule has 0 unspecified atom stereocenters. The normalized spacial score (nSPS) is 10.1. The molecule has 0 aliphatic carbocycles. The van der Waals surface area contributed by atoms with Crippen molar-refractivity contribution in [3.8, 4) is 11.1 Å². The van der Waals surface area contributed by atoms with E-state index in [0.29, 0.717) is 5.56 Å². The van der Waals surface area contributed by atoms with Gasteiger partial charge in [-0.1, -0.05) is 15.9 Å². The van der Waals surface area contributed by atoms with Gasteiger partial charge in [0.1, 0.15) is 0 Å². The summed E-state index contributed by atoms with van der Waals surface area (Å²) in [5.41, 5.74) is 7.68. The lowest BCUT2D eigenvalue weighted by atomic mass is 10.0. The van der Waals surface area contributed by atoms with Crippen LogP contribution in [0.5, 0.6) is 0 Å². The number of nitrogens with two attached hydrogens (primary N) is 1. The summed E-state index contributed by atoms with van der Waals surface area (Å²) >= 11 is 3.36. The molecule has 0 bridgehead atoms. The van der Waals surface area contributed by atoms with Gasteiger partial charge in [-0.15, -0.1) is 0 Å². The Labute approximate surface area is 101 Å². The van der Waals surface area contributed by atoms with E-state index in [9.17, 15) is 4.79 Å². The van der Waals surface area contributed by atoms with Crippen LogP contribution in [0.2, 0.25) is 0 Å². The first kappa shape index (κ1) is 10.8. The van der Waals surface area contributed by atoms with Crippen LogP contribution in [0, 0.1) is 0 Å². The molecular formula is C12H9BrN2O. The molecule has 2 rings (SSSR count). The number of pyridine rings is 1. The number of benzene rings is 1. The van der Waals surface area contributed by atoms with E-state index in [1.807, 2.05) is 18.2 Å². The Kier molecular flexibility index (Phi) is 3.01. The molecule has 16 heavy (non-hydrogen) atoms. The molecular weight excluding hydrogens is 268 g/mol. The maximum absolute atomic E-state index is 11.1. The fourth-order valence-electron chi connectivity index (χ4n) is 1.44. The number of aromatic nitrogens is 1. The van der Waals surface area contributed by atoms with Crippen LogP contribution in [0.3, 0.4) is 0 Å². The first-order valence-electron chi connectivity index (χ1n) is 4.67. The minimum absolute atomic E-state index is 0.434. The molecule has 80 valence electrons. The van der Waals surface area contributed by atoms with Gasteiger partial charge in [-0.3, -0.25) is 9.78 Å². The summed E-state index contributed by atoms with van der Waals surface area (Å²) in [6, 6.07) is 9.16. The van der Waals surface area contributed by atoms with Crippen molar-refractivity contribution >= 4 is 21.8 Å². The first-order valence-corrected chi connectivity index (χ1v) is 5.47. The van der Waals surface area contributed by atoms with Gasteiger partial charge in [0.15, 0.2) is 0 Å². The van der Waals surface area contributed by atoms with E-state index >= 15 is 0 Å². The quantitative estimate of drug-likeness (QED) is 0.917. The molecule has 1 aromatic carbocycles. The third-order valence-electron chi connectivity index (χ3n) is 2.20. The Hall–Kier alpha value is -1.68. The van der Waals surface area contributed by atoms with Crippen molar-refractivity contribution in [3.05, 3.63) is 52.8 Å². The van der Waals surface area contributed by atoms with Gasteiger partial charge in [-0.25, -0.2) is 0 Å². The lowest BCUT2D eigenvalue weighted by Gasteiger charge is -2.04. The maximum atomic E-state index is 11.1. The summed E-state index contributed by atoms with van der Waals surface area (Å²) in [5, 5.41) is 0. The summed E-state index contributed by atoms with van der Waals surface area (Å²) in [4.78, 5) is 15.1. The molecule has 2 N–H and O–H groups in total. The second kappa shape index (κ2) is 4.45. The number of amides is 1. The third-order valence-corrected chi connectivity index (χ3v) is 2.65. The molecule has 1 aromatic heterocycles. The van der Waals surface area contributed by atoms with Crippen LogP contribution < -0.4 is 5.73 Å². The summed E-state index contributed by atoms with van der Waals surface area (Å²) in [7, 11) is 0. The van der Waals surface area contributed by atoms with Gasteiger partial charge in [0.05, 0.1) is 0 Å². The van der Waals surface area contributed by atoms with Crippen LogP contribution in [0.1, 0.15) is 10.4 Å². The van der Waals surface area contributed by atoms with Gasteiger partial charge in [0.2, 0.25) is 5.91 Å². The van der Waals surface area contributed by atoms with E-state index in [0.717, 1.165) is 15.6 Å². The fraction of sp³-hybridized carbons (Fsp3) is 0. The van der Waals surface area contributed by atoms with Crippen LogP contribution >= 0.6 is 15.9 Å². The lowest BCUT2D eigenvalue weighted by Crippen LogP contribution is -2.10. The van der Waals surface area contributed by atoms with E-state index in [2.05, 4.69) is 20.9 Å². The largest absolute Gasteiger partial charge is 0.366 e. The predicted molar refractivity (Wildman–Crippen MR) is 65.9 cm³/mol. The molecule has 3 nitrogen and oxygen atoms in total. The number of hydrogen-bond donors (Lipinski definition) is 1. The first-order chi connectivity index (χ1) is 7.66. The topological polar surface area (TPSA) is 56.0 Å². The van der Waals surface area contributed by atoms with Crippen LogP contribution in [0.15, 0.2) is 47.2 Å². The van der Waals surface area contributed by atoms with Crippen LogP contribution in [0.25, 0.3) is 11.1 Å². The Morgan fingerprint density at radius 3 is 2.44 bits per heavy atom. The summed E-state index contributed by atoms with van der Waals surface area (Å²) in [6.07, 6.45) is 3.42. The molecule has 0 aliphatic heterocycles. The smallest absolute Gasteiger partial charge is 0.248 e. The van der Waals surface area contributed by atoms with Crippen molar-refractivity contribution < 1.29 is 4.79 Å². The minimum atomic E-state index is -0.434. The van der Waals surface area contributed by atoms with Crippen molar-refractivity contribution in [3.63, 3.8) is 0 Å². The average molecular weight is 277 g/mol. The Bertz CT molecular complexity index is 526. The zero-order valence-corrected chi connectivity index (χ0v) is 9.94. The molecule has 4 heteroatoms. The number of hydrogen-bond acceptors (Lipinski definition) is 2. The summed E-state index contributed by atoms with van der Waals surface area (Å²) in [5.74, 6) is -0.434. The highest BCUT2D eigenvalue weighted by atomic mass is 79.9. The van der Waals surface area contributed by atoms with E-state index in [4.69, 9.17) is 5.73 Å². The van der Waals surface area contributed by atoms with Crippen molar-refractivity contribution in [1.82, 2.24) is 4.98 Å². The number of nitrogens with zero attached hydrogens (tertiary/aromatic N) is 1. The van der Waals surface area contributed by atoms with Crippen molar-refractivity contribution in [2.24, 2.45) is 5.73 Å². The van der Waals surface area contributed by atoms with E-state index < -0.39 is 5.91 Å². The molecule has 0 radical (unpaired) electrons. The standard InChI is InChI=1S/C12H9BrN2O/c13-11-6-9(5-10(7-11)12(14)16)8-1-3-15-4-2-8/h1-7H,(H2,14,16). The minimum Gasteiger partial charge on any atom is -0.366 e. The SMILES string of the molecule is NC(=O)c1cc(Br)cc(-c2ccncc2)c1. The van der Waals surface area contributed by atoms with Gasteiger partial charge in [0, 0.05) is 22.4 Å². The predicted octanol–water partition coefficient (Wildman–Crippen LogP) is 2.61. The van der Waals surface area contributed by atoms with Gasteiger partial charge < -0.3 is 5.73 Å². The lowest BCUT2D eigenvalue weighted by molar-refractivity contribution is 0.100. The second-order valence-electron chi connectivity index (χ2n) is 3.33. The Morgan fingerprint density at radius 1 is 1.12 bits per heavy atom. The molecule has 0 saturated carbocycles. The number of rotatable bonds is 2. The van der Waals surface area contributed by atoms with Crippen LogP contribution in [0.4, 0.5) is 0 Å². The van der Waals surface area contributed by atoms with Crippen LogP contribution in [-0.4, -0.2) is 10.9 Å². The maximum Gasteiger partial charge on any atom is 0.248 e. The van der Waals surface area contributed by atoms with E-state index in [1.54, 1.807) is 24.5 Å². The molecule has 0 saturated heterocycles. The molecule has 1 amide bonds. The van der Waals surface area contributed by atoms with Gasteiger partial charge in [-0.2, -0.15) is 0 Å². The molecule has 0 atom stereocenters. The number of primary amides is 1. The summed E-state index contributed by atoms with van der Waals surface area (Å²) in [6.45, 7) is 0. The van der Waals surface area contributed by atoms with E-state index in [1.165, 1.54) is 0 Å². The monoisotopic (exact) mass is 276 g/mol.